The molecule has 100 valence electrons. The number of ether oxygens (including phenoxy) is 1. The molecule has 0 aliphatic carbocycles. The van der Waals surface area contributed by atoms with E-state index < -0.39 is 0 Å². The summed E-state index contributed by atoms with van der Waals surface area (Å²) < 4.78 is 5.31. The average Bonchev–Trinajstić information content (AvgIpc) is 2.66. The van der Waals surface area contributed by atoms with Crippen molar-refractivity contribution in [2.75, 3.05) is 12.4 Å². The minimum absolute atomic E-state index is 0.211. The fourth-order valence-corrected chi connectivity index (χ4v) is 3.04. The zero-order valence-electron chi connectivity index (χ0n) is 12.2. The molecule has 1 N–H and O–H groups in total. The van der Waals surface area contributed by atoms with Crippen LogP contribution in [0.15, 0.2) is 18.2 Å². The van der Waals surface area contributed by atoms with Crippen molar-refractivity contribution in [3.05, 3.63) is 23.8 Å². The van der Waals surface area contributed by atoms with Crippen molar-refractivity contribution in [3.63, 3.8) is 0 Å². The summed E-state index contributed by atoms with van der Waals surface area (Å²) in [5.74, 6) is 2.26. The number of rotatable bonds is 4. The van der Waals surface area contributed by atoms with Crippen LogP contribution in [0.1, 0.15) is 39.7 Å². The summed E-state index contributed by atoms with van der Waals surface area (Å²) in [7, 11) is 1.72. The average molecular weight is 247 g/mol. The van der Waals surface area contributed by atoms with E-state index in [0.29, 0.717) is 11.8 Å². The third-order valence-corrected chi connectivity index (χ3v) is 4.08. The molecule has 0 saturated carbocycles. The van der Waals surface area contributed by atoms with E-state index in [4.69, 9.17) is 4.74 Å². The Bertz CT molecular complexity index is 425. The van der Waals surface area contributed by atoms with Gasteiger partial charge < -0.3 is 10.1 Å². The van der Waals surface area contributed by atoms with E-state index in [1.807, 2.05) is 0 Å². The Labute approximate surface area is 111 Å². The molecule has 1 heterocycles. The summed E-state index contributed by atoms with van der Waals surface area (Å²) in [5, 5.41) is 3.77. The highest BCUT2D eigenvalue weighted by Crippen LogP contribution is 2.42. The summed E-state index contributed by atoms with van der Waals surface area (Å²) in [4.78, 5) is 0. The summed E-state index contributed by atoms with van der Waals surface area (Å²) in [6.07, 6.45) is 2.34. The van der Waals surface area contributed by atoms with E-state index in [0.717, 1.165) is 12.2 Å². The molecule has 1 aromatic carbocycles. The molecule has 2 rings (SSSR count). The van der Waals surface area contributed by atoms with Gasteiger partial charge in [-0.2, -0.15) is 0 Å². The minimum Gasteiger partial charge on any atom is -0.497 e. The first-order valence-corrected chi connectivity index (χ1v) is 6.92. The predicted octanol–water partition coefficient (Wildman–Crippen LogP) is 4.10. The van der Waals surface area contributed by atoms with E-state index in [1.54, 1.807) is 7.11 Å². The molecule has 0 spiro atoms. The fourth-order valence-electron chi connectivity index (χ4n) is 3.04. The third kappa shape index (κ3) is 2.33. The van der Waals surface area contributed by atoms with Crippen LogP contribution in [0.2, 0.25) is 0 Å². The lowest BCUT2D eigenvalue weighted by molar-refractivity contribution is 0.291. The van der Waals surface area contributed by atoms with Gasteiger partial charge in [0, 0.05) is 17.3 Å². The molecule has 0 saturated heterocycles. The lowest BCUT2D eigenvalue weighted by atomic mass is 9.78. The molecule has 0 fully saturated rings. The molecule has 1 atom stereocenters. The van der Waals surface area contributed by atoms with Gasteiger partial charge in [-0.1, -0.05) is 33.8 Å². The van der Waals surface area contributed by atoms with Crippen molar-refractivity contribution < 1.29 is 4.74 Å². The topological polar surface area (TPSA) is 21.3 Å². The number of hydrogen-bond acceptors (Lipinski definition) is 2. The maximum atomic E-state index is 5.31. The highest BCUT2D eigenvalue weighted by molar-refractivity contribution is 5.62. The first kappa shape index (κ1) is 13.3. The van der Waals surface area contributed by atoms with Crippen molar-refractivity contribution in [2.45, 2.75) is 46.1 Å². The molecule has 1 aliphatic rings. The van der Waals surface area contributed by atoms with Gasteiger partial charge in [0.1, 0.15) is 5.75 Å². The van der Waals surface area contributed by atoms with Crippen molar-refractivity contribution in [1.29, 1.82) is 0 Å². The van der Waals surface area contributed by atoms with E-state index in [1.165, 1.54) is 17.7 Å². The summed E-state index contributed by atoms with van der Waals surface area (Å²) in [6, 6.07) is 6.39. The number of methoxy groups -OCH3 is 1. The zero-order chi connectivity index (χ0) is 13.3. The summed E-state index contributed by atoms with van der Waals surface area (Å²) in [5.41, 5.74) is 2.89. The van der Waals surface area contributed by atoms with Crippen LogP contribution in [0.25, 0.3) is 0 Å². The zero-order valence-corrected chi connectivity index (χ0v) is 12.2. The van der Waals surface area contributed by atoms with Gasteiger partial charge in [0.25, 0.3) is 0 Å². The molecule has 0 amide bonds. The van der Waals surface area contributed by atoms with Gasteiger partial charge in [-0.05, 0) is 36.3 Å². The van der Waals surface area contributed by atoms with Crippen LogP contribution < -0.4 is 10.1 Å². The van der Waals surface area contributed by atoms with Crippen LogP contribution >= 0.6 is 0 Å². The Morgan fingerprint density at radius 2 is 2.00 bits per heavy atom. The van der Waals surface area contributed by atoms with Crippen molar-refractivity contribution in [1.82, 2.24) is 0 Å². The molecule has 18 heavy (non-hydrogen) atoms. The molecule has 0 aromatic heterocycles. The Balaban J connectivity index is 2.29. The van der Waals surface area contributed by atoms with E-state index in [9.17, 15) is 0 Å². The molecule has 0 radical (unpaired) electrons. The Morgan fingerprint density at radius 3 is 2.56 bits per heavy atom. The van der Waals surface area contributed by atoms with Gasteiger partial charge >= 0.3 is 0 Å². The molecule has 1 aliphatic heterocycles. The van der Waals surface area contributed by atoms with Gasteiger partial charge in [0.15, 0.2) is 0 Å². The second-order valence-electron chi connectivity index (χ2n) is 6.23. The van der Waals surface area contributed by atoms with Gasteiger partial charge in [-0.25, -0.2) is 0 Å². The molecule has 1 aromatic rings. The van der Waals surface area contributed by atoms with Crippen LogP contribution in [0.3, 0.4) is 0 Å². The van der Waals surface area contributed by atoms with E-state index in [-0.39, 0.29) is 5.54 Å². The highest BCUT2D eigenvalue weighted by atomic mass is 16.5. The number of hydrogen-bond donors (Lipinski definition) is 1. The molecular formula is C16H25NO. The Morgan fingerprint density at radius 1 is 1.28 bits per heavy atom. The normalized spacial score (nSPS) is 22.2. The maximum absolute atomic E-state index is 5.31. The lowest BCUT2D eigenvalue weighted by Crippen LogP contribution is -2.43. The van der Waals surface area contributed by atoms with Crippen molar-refractivity contribution >= 4 is 5.69 Å². The largest absolute Gasteiger partial charge is 0.497 e. The van der Waals surface area contributed by atoms with Gasteiger partial charge in [0.2, 0.25) is 0 Å². The van der Waals surface area contributed by atoms with Crippen LogP contribution in [-0.2, 0) is 6.42 Å². The van der Waals surface area contributed by atoms with Gasteiger partial charge in [0.05, 0.1) is 7.11 Å². The lowest BCUT2D eigenvalue weighted by Gasteiger charge is -2.36. The van der Waals surface area contributed by atoms with Crippen LogP contribution in [0.4, 0.5) is 5.69 Å². The monoisotopic (exact) mass is 247 g/mol. The van der Waals surface area contributed by atoms with Gasteiger partial charge in [-0.15, -0.1) is 0 Å². The first-order valence-electron chi connectivity index (χ1n) is 6.92. The number of anilines is 1. The summed E-state index contributed by atoms with van der Waals surface area (Å²) in [6.45, 7) is 9.24. The standard InChI is InChI=1S/C16H25NO/c1-11(2)9-16(12(3)4)10-13-6-7-14(18-5)8-15(13)17-16/h6-8,11-12,17H,9-10H2,1-5H3. The number of fused-ring (bicyclic) bond motifs is 1. The third-order valence-electron chi connectivity index (χ3n) is 4.08. The molecule has 0 bridgehead atoms. The second-order valence-corrected chi connectivity index (χ2v) is 6.23. The minimum atomic E-state index is 0.211. The van der Waals surface area contributed by atoms with Crippen LogP contribution in [0.5, 0.6) is 5.75 Å². The fraction of sp³-hybridized carbons (Fsp3) is 0.625. The smallest absolute Gasteiger partial charge is 0.120 e. The first-order chi connectivity index (χ1) is 8.47. The van der Waals surface area contributed by atoms with Crippen LogP contribution in [-0.4, -0.2) is 12.6 Å². The SMILES string of the molecule is COc1ccc2c(c1)NC(CC(C)C)(C(C)C)C2. The maximum Gasteiger partial charge on any atom is 0.120 e. The quantitative estimate of drug-likeness (QED) is 0.864. The predicted molar refractivity (Wildman–Crippen MR) is 77.3 cm³/mol. The molecule has 2 heteroatoms. The van der Waals surface area contributed by atoms with Crippen molar-refractivity contribution in [2.24, 2.45) is 11.8 Å². The Kier molecular flexibility index (Phi) is 3.56. The second kappa shape index (κ2) is 4.83. The number of benzene rings is 1. The van der Waals surface area contributed by atoms with E-state index >= 15 is 0 Å². The van der Waals surface area contributed by atoms with E-state index in [2.05, 4.69) is 51.2 Å². The molecular weight excluding hydrogens is 222 g/mol. The van der Waals surface area contributed by atoms with Gasteiger partial charge in [-0.3, -0.25) is 0 Å². The molecule has 1 unspecified atom stereocenters. The van der Waals surface area contributed by atoms with Crippen molar-refractivity contribution in [3.8, 4) is 5.75 Å². The highest BCUT2D eigenvalue weighted by Gasteiger charge is 2.39. The van der Waals surface area contributed by atoms with Crippen LogP contribution in [0, 0.1) is 11.8 Å². The Hall–Kier alpha value is -1.18. The number of nitrogens with one attached hydrogen (secondary N) is 1. The molecule has 2 nitrogen and oxygen atoms in total. The summed E-state index contributed by atoms with van der Waals surface area (Å²) >= 11 is 0.